The molecule has 1 aromatic carbocycles. The van der Waals surface area contributed by atoms with Crippen molar-refractivity contribution in [3.63, 3.8) is 0 Å². The molecule has 4 aliphatic rings. The van der Waals surface area contributed by atoms with Gasteiger partial charge in [0.15, 0.2) is 5.69 Å². The predicted octanol–water partition coefficient (Wildman–Crippen LogP) is 3.33. The Hall–Kier alpha value is -3.55. The minimum Gasteiger partial charge on any atom is -0.371 e. The van der Waals surface area contributed by atoms with Gasteiger partial charge in [-0.05, 0) is 75.4 Å². The van der Waals surface area contributed by atoms with Gasteiger partial charge in [0, 0.05) is 68.8 Å². The fraction of sp³-hybridized carbons (Fsp3) is 0.516. The van der Waals surface area contributed by atoms with Gasteiger partial charge in [-0.15, -0.1) is 0 Å². The number of hydrogen-bond donors (Lipinski definition) is 0. The summed E-state index contributed by atoms with van der Waals surface area (Å²) in [6, 6.07) is 6.91. The van der Waals surface area contributed by atoms with Crippen LogP contribution < -0.4 is 4.90 Å². The van der Waals surface area contributed by atoms with E-state index in [4.69, 9.17) is 5.10 Å². The number of carbonyl (C=O) groups is 2. The molecule has 0 saturated carbocycles. The highest BCUT2D eigenvalue weighted by molar-refractivity contribution is 5.94. The molecule has 2 saturated heterocycles. The SMILES string of the molecule is Cc1cccc(N2CCN(C(=O)Cn3nc(C(=O)N4CCC(N5C=CC=CC5)CC4)c4c3CCC4)CC2)c1C. The standard InChI is InChI=1S/C31H40N6O2/c1-23-8-6-10-27(24(23)2)34-18-20-35(21-19-34)29(38)22-37-28-11-7-9-26(28)30(32-37)31(39)36-16-12-25(13-17-36)33-14-4-3-5-15-33/h3-6,8,10,14,25H,7,9,11-13,15-22H2,1-2H3. The summed E-state index contributed by atoms with van der Waals surface area (Å²) in [6.45, 7) is 10.1. The maximum absolute atomic E-state index is 13.6. The van der Waals surface area contributed by atoms with E-state index in [0.717, 1.165) is 76.1 Å². The van der Waals surface area contributed by atoms with Gasteiger partial charge >= 0.3 is 0 Å². The van der Waals surface area contributed by atoms with Crippen molar-refractivity contribution in [2.24, 2.45) is 0 Å². The van der Waals surface area contributed by atoms with E-state index in [0.29, 0.717) is 24.8 Å². The van der Waals surface area contributed by atoms with Crippen molar-refractivity contribution in [3.05, 3.63) is 70.7 Å². The lowest BCUT2D eigenvalue weighted by Gasteiger charge is -2.38. The average Bonchev–Trinajstić information content (AvgIpc) is 3.59. The van der Waals surface area contributed by atoms with E-state index >= 15 is 0 Å². The Balaban J connectivity index is 1.08. The summed E-state index contributed by atoms with van der Waals surface area (Å²) < 4.78 is 1.84. The molecule has 2 fully saturated rings. The van der Waals surface area contributed by atoms with Gasteiger partial charge in [-0.25, -0.2) is 0 Å². The van der Waals surface area contributed by atoms with Crippen LogP contribution in [0.15, 0.2) is 42.6 Å². The van der Waals surface area contributed by atoms with Crippen LogP contribution in [-0.4, -0.2) is 88.1 Å². The summed E-state index contributed by atoms with van der Waals surface area (Å²) in [6.07, 6.45) is 13.2. The summed E-state index contributed by atoms with van der Waals surface area (Å²) in [5.74, 6) is 0.130. The highest BCUT2D eigenvalue weighted by Crippen LogP contribution is 2.28. The molecule has 4 heterocycles. The average molecular weight is 529 g/mol. The Kier molecular flexibility index (Phi) is 7.19. The zero-order valence-electron chi connectivity index (χ0n) is 23.3. The third-order valence-corrected chi connectivity index (χ3v) is 9.11. The predicted molar refractivity (Wildman–Crippen MR) is 153 cm³/mol. The molecule has 0 N–H and O–H groups in total. The Labute approximate surface area is 231 Å². The molecule has 2 amide bonds. The largest absolute Gasteiger partial charge is 0.371 e. The summed E-state index contributed by atoms with van der Waals surface area (Å²) in [7, 11) is 0. The molecule has 2 aromatic rings. The van der Waals surface area contributed by atoms with Gasteiger partial charge in [0.1, 0.15) is 6.54 Å². The fourth-order valence-corrected chi connectivity index (χ4v) is 6.62. The number of anilines is 1. The summed E-state index contributed by atoms with van der Waals surface area (Å²) in [4.78, 5) is 35.6. The van der Waals surface area contributed by atoms with E-state index in [-0.39, 0.29) is 18.4 Å². The molecule has 0 atom stereocenters. The summed E-state index contributed by atoms with van der Waals surface area (Å²) in [5.41, 5.74) is 6.61. The molecule has 0 radical (unpaired) electrons. The van der Waals surface area contributed by atoms with Crippen molar-refractivity contribution in [1.29, 1.82) is 0 Å². The molecule has 1 aliphatic carbocycles. The number of likely N-dealkylation sites (tertiary alicyclic amines) is 1. The second kappa shape index (κ2) is 10.9. The first-order valence-corrected chi connectivity index (χ1v) is 14.6. The Morgan fingerprint density at radius 1 is 0.949 bits per heavy atom. The molecule has 0 spiro atoms. The molecular formula is C31H40N6O2. The van der Waals surface area contributed by atoms with Gasteiger partial charge in [-0.3, -0.25) is 14.3 Å². The number of amides is 2. The maximum atomic E-state index is 13.6. The van der Waals surface area contributed by atoms with Crippen LogP contribution in [0.1, 0.15) is 52.1 Å². The molecule has 8 heteroatoms. The van der Waals surface area contributed by atoms with Crippen LogP contribution in [0.5, 0.6) is 0 Å². The zero-order chi connectivity index (χ0) is 26.9. The number of aryl methyl sites for hydroxylation is 1. The topological polar surface area (TPSA) is 64.9 Å². The van der Waals surface area contributed by atoms with Crippen LogP contribution in [-0.2, 0) is 24.2 Å². The maximum Gasteiger partial charge on any atom is 0.274 e. The van der Waals surface area contributed by atoms with Gasteiger partial charge in [0.05, 0.1) is 0 Å². The Bertz CT molecular complexity index is 1290. The van der Waals surface area contributed by atoms with Gasteiger partial charge < -0.3 is 19.6 Å². The number of carbonyl (C=O) groups excluding carboxylic acids is 2. The Morgan fingerprint density at radius 2 is 1.74 bits per heavy atom. The lowest BCUT2D eigenvalue weighted by atomic mass is 10.0. The lowest BCUT2D eigenvalue weighted by Crippen LogP contribution is -2.50. The van der Waals surface area contributed by atoms with Crippen LogP contribution in [0, 0.1) is 13.8 Å². The van der Waals surface area contributed by atoms with Gasteiger partial charge in [-0.1, -0.05) is 24.3 Å². The first-order valence-electron chi connectivity index (χ1n) is 14.6. The number of nitrogens with zero attached hydrogens (tertiary/aromatic N) is 6. The van der Waals surface area contributed by atoms with Gasteiger partial charge in [0.25, 0.3) is 5.91 Å². The molecule has 8 nitrogen and oxygen atoms in total. The van der Waals surface area contributed by atoms with Crippen LogP contribution >= 0.6 is 0 Å². The van der Waals surface area contributed by atoms with Crippen LogP contribution in [0.3, 0.4) is 0 Å². The molecule has 3 aliphatic heterocycles. The summed E-state index contributed by atoms with van der Waals surface area (Å²) >= 11 is 0. The molecule has 206 valence electrons. The number of benzene rings is 1. The molecule has 6 rings (SSSR count). The number of piperazine rings is 1. The Morgan fingerprint density at radius 3 is 2.49 bits per heavy atom. The highest BCUT2D eigenvalue weighted by Gasteiger charge is 2.33. The van der Waals surface area contributed by atoms with Crippen molar-refractivity contribution in [2.75, 3.05) is 50.7 Å². The third kappa shape index (κ3) is 5.09. The van der Waals surface area contributed by atoms with E-state index in [1.165, 1.54) is 16.8 Å². The smallest absolute Gasteiger partial charge is 0.274 e. The number of hydrogen-bond acceptors (Lipinski definition) is 5. The van der Waals surface area contributed by atoms with Crippen LogP contribution in [0.2, 0.25) is 0 Å². The number of fused-ring (bicyclic) bond motifs is 1. The fourth-order valence-electron chi connectivity index (χ4n) is 6.62. The lowest BCUT2D eigenvalue weighted by molar-refractivity contribution is -0.132. The van der Waals surface area contributed by atoms with E-state index in [1.807, 2.05) is 14.5 Å². The number of piperidine rings is 1. The molecule has 0 bridgehead atoms. The van der Waals surface area contributed by atoms with E-state index in [1.54, 1.807) is 0 Å². The minimum absolute atomic E-state index is 0.0361. The van der Waals surface area contributed by atoms with Crippen LogP contribution in [0.4, 0.5) is 5.69 Å². The summed E-state index contributed by atoms with van der Waals surface area (Å²) in [5, 5.41) is 4.77. The van der Waals surface area contributed by atoms with Crippen molar-refractivity contribution < 1.29 is 9.59 Å². The minimum atomic E-state index is 0.0361. The quantitative estimate of drug-likeness (QED) is 0.596. The van der Waals surface area contributed by atoms with Gasteiger partial charge in [0.2, 0.25) is 5.91 Å². The normalized spacial score (nSPS) is 19.6. The first-order chi connectivity index (χ1) is 19.0. The van der Waals surface area contributed by atoms with Crippen LogP contribution in [0.25, 0.3) is 0 Å². The zero-order valence-corrected chi connectivity index (χ0v) is 23.3. The second-order valence-corrected chi connectivity index (χ2v) is 11.4. The van der Waals surface area contributed by atoms with Gasteiger partial charge in [-0.2, -0.15) is 5.10 Å². The van der Waals surface area contributed by atoms with E-state index in [2.05, 4.69) is 66.3 Å². The van der Waals surface area contributed by atoms with Crippen molar-refractivity contribution >= 4 is 17.5 Å². The van der Waals surface area contributed by atoms with Crippen molar-refractivity contribution in [3.8, 4) is 0 Å². The number of rotatable bonds is 5. The molecule has 1 aromatic heterocycles. The number of allylic oxidation sites excluding steroid dienone is 2. The number of aromatic nitrogens is 2. The molecule has 0 unspecified atom stereocenters. The van der Waals surface area contributed by atoms with Crippen molar-refractivity contribution in [1.82, 2.24) is 24.5 Å². The second-order valence-electron chi connectivity index (χ2n) is 11.4. The van der Waals surface area contributed by atoms with E-state index in [9.17, 15) is 9.59 Å². The van der Waals surface area contributed by atoms with E-state index < -0.39 is 0 Å². The third-order valence-electron chi connectivity index (χ3n) is 9.11. The monoisotopic (exact) mass is 528 g/mol. The van der Waals surface area contributed by atoms with Crippen molar-refractivity contribution in [2.45, 2.75) is 58.5 Å². The first kappa shape index (κ1) is 25.7. The molecular weight excluding hydrogens is 488 g/mol. The highest BCUT2D eigenvalue weighted by atomic mass is 16.2. The molecule has 39 heavy (non-hydrogen) atoms.